The van der Waals surface area contributed by atoms with Crippen molar-refractivity contribution in [2.45, 2.75) is 6.92 Å². The number of para-hydroxylation sites is 1. The molecule has 18 heavy (non-hydrogen) atoms. The minimum Gasteiger partial charge on any atom is -0.373 e. The van der Waals surface area contributed by atoms with E-state index in [1.165, 1.54) is 5.56 Å². The number of fused-ring (bicyclic) bond motifs is 1. The van der Waals surface area contributed by atoms with Gasteiger partial charge in [0, 0.05) is 12.4 Å². The third kappa shape index (κ3) is 1.75. The number of nitrogens with one attached hydrogen (secondary N) is 1. The van der Waals surface area contributed by atoms with Crippen LogP contribution in [0.1, 0.15) is 5.56 Å². The molecule has 4 heteroatoms. The number of rotatable bonds is 2. The van der Waals surface area contributed by atoms with E-state index < -0.39 is 0 Å². The number of benzene rings is 1. The molecule has 2 heterocycles. The maximum Gasteiger partial charge on any atom is 0.172 e. The van der Waals surface area contributed by atoms with Gasteiger partial charge in [0.2, 0.25) is 0 Å². The quantitative estimate of drug-likeness (QED) is 0.758. The average molecular weight is 255 g/mol. The molecule has 0 aliphatic carbocycles. The lowest BCUT2D eigenvalue weighted by Gasteiger charge is -2.07. The normalized spacial score (nSPS) is 10.8. The van der Waals surface area contributed by atoms with Crippen molar-refractivity contribution in [1.82, 2.24) is 9.97 Å². The van der Waals surface area contributed by atoms with E-state index in [4.69, 9.17) is 0 Å². The second-order valence-corrected chi connectivity index (χ2v) is 5.01. The van der Waals surface area contributed by atoms with E-state index in [0.29, 0.717) is 0 Å². The van der Waals surface area contributed by atoms with Gasteiger partial charge in [0.1, 0.15) is 5.82 Å². The van der Waals surface area contributed by atoms with Crippen molar-refractivity contribution in [2.75, 3.05) is 12.4 Å². The smallest absolute Gasteiger partial charge is 0.172 e. The van der Waals surface area contributed by atoms with E-state index in [2.05, 4.69) is 33.7 Å². The van der Waals surface area contributed by atoms with Crippen LogP contribution >= 0.6 is 11.3 Å². The Bertz CT molecular complexity index is 703. The molecule has 3 aromatic rings. The van der Waals surface area contributed by atoms with Gasteiger partial charge in [0.05, 0.1) is 10.4 Å². The van der Waals surface area contributed by atoms with Crippen LogP contribution in [0.15, 0.2) is 35.7 Å². The SMILES string of the molecule is CNc1nc(-c2sccc2C)nc2ccccc12. The van der Waals surface area contributed by atoms with Crippen LogP contribution in [0.5, 0.6) is 0 Å². The second-order valence-electron chi connectivity index (χ2n) is 4.10. The first-order chi connectivity index (χ1) is 8.79. The Balaban J connectivity index is 2.29. The van der Waals surface area contributed by atoms with Gasteiger partial charge in [0.15, 0.2) is 5.82 Å². The van der Waals surface area contributed by atoms with Crippen LogP contribution in [0.4, 0.5) is 5.82 Å². The number of hydrogen-bond donors (Lipinski definition) is 1. The summed E-state index contributed by atoms with van der Waals surface area (Å²) in [6, 6.07) is 10.1. The van der Waals surface area contributed by atoms with Gasteiger partial charge in [-0.2, -0.15) is 0 Å². The summed E-state index contributed by atoms with van der Waals surface area (Å²) in [5.74, 6) is 1.67. The van der Waals surface area contributed by atoms with Crippen molar-refractivity contribution in [1.29, 1.82) is 0 Å². The molecule has 3 nitrogen and oxygen atoms in total. The molecule has 3 rings (SSSR count). The Hall–Kier alpha value is -1.94. The molecular formula is C14H13N3S. The van der Waals surface area contributed by atoms with Gasteiger partial charge in [-0.1, -0.05) is 12.1 Å². The highest BCUT2D eigenvalue weighted by atomic mass is 32.1. The van der Waals surface area contributed by atoms with E-state index in [0.717, 1.165) is 27.4 Å². The lowest BCUT2D eigenvalue weighted by atomic mass is 10.2. The Kier molecular flexibility index (Phi) is 2.72. The molecule has 90 valence electrons. The third-order valence-electron chi connectivity index (χ3n) is 2.91. The minimum absolute atomic E-state index is 0.797. The summed E-state index contributed by atoms with van der Waals surface area (Å²) in [5, 5.41) is 6.27. The summed E-state index contributed by atoms with van der Waals surface area (Å²) >= 11 is 1.68. The fourth-order valence-corrected chi connectivity index (χ4v) is 2.83. The Morgan fingerprint density at radius 3 is 2.67 bits per heavy atom. The predicted molar refractivity (Wildman–Crippen MR) is 77.1 cm³/mol. The van der Waals surface area contributed by atoms with E-state index in [9.17, 15) is 0 Å². The highest BCUT2D eigenvalue weighted by Gasteiger charge is 2.10. The molecule has 0 bridgehead atoms. The predicted octanol–water partition coefficient (Wildman–Crippen LogP) is 3.71. The van der Waals surface area contributed by atoms with Crippen LogP contribution in [-0.2, 0) is 0 Å². The molecule has 0 aliphatic rings. The fraction of sp³-hybridized carbons (Fsp3) is 0.143. The van der Waals surface area contributed by atoms with Crippen LogP contribution in [0, 0.1) is 6.92 Å². The Morgan fingerprint density at radius 2 is 1.94 bits per heavy atom. The van der Waals surface area contributed by atoms with Gasteiger partial charge < -0.3 is 5.32 Å². The fourth-order valence-electron chi connectivity index (χ4n) is 1.97. The maximum atomic E-state index is 4.65. The molecule has 1 N–H and O–H groups in total. The van der Waals surface area contributed by atoms with Gasteiger partial charge in [-0.3, -0.25) is 0 Å². The number of anilines is 1. The Morgan fingerprint density at radius 1 is 1.11 bits per heavy atom. The van der Waals surface area contributed by atoms with Crippen LogP contribution in [-0.4, -0.2) is 17.0 Å². The maximum absolute atomic E-state index is 4.65. The number of thiophene rings is 1. The first-order valence-electron chi connectivity index (χ1n) is 5.78. The average Bonchev–Trinajstić information content (AvgIpc) is 2.83. The largest absolute Gasteiger partial charge is 0.373 e. The van der Waals surface area contributed by atoms with E-state index in [-0.39, 0.29) is 0 Å². The summed E-state index contributed by atoms with van der Waals surface area (Å²) < 4.78 is 0. The molecule has 0 unspecified atom stereocenters. The molecule has 2 aromatic heterocycles. The van der Waals surface area contributed by atoms with E-state index >= 15 is 0 Å². The molecule has 0 aliphatic heterocycles. The number of hydrogen-bond acceptors (Lipinski definition) is 4. The van der Waals surface area contributed by atoms with Crippen molar-refractivity contribution in [3.8, 4) is 10.7 Å². The van der Waals surface area contributed by atoms with Crippen LogP contribution in [0.2, 0.25) is 0 Å². The zero-order chi connectivity index (χ0) is 12.5. The first kappa shape index (κ1) is 11.2. The van der Waals surface area contributed by atoms with Crippen molar-refractivity contribution in [3.63, 3.8) is 0 Å². The van der Waals surface area contributed by atoms with Gasteiger partial charge in [-0.05, 0) is 36.1 Å². The number of aromatic nitrogens is 2. The van der Waals surface area contributed by atoms with Crippen LogP contribution in [0.3, 0.4) is 0 Å². The standard InChI is InChI=1S/C14H13N3S/c1-9-7-8-18-12(9)14-16-11-6-4-3-5-10(11)13(15-2)17-14/h3-8H,1-2H3,(H,15,16,17). The molecule has 0 fully saturated rings. The van der Waals surface area contributed by atoms with Gasteiger partial charge >= 0.3 is 0 Å². The molecule has 0 saturated heterocycles. The molecular weight excluding hydrogens is 242 g/mol. The van der Waals surface area contributed by atoms with Gasteiger partial charge in [0.25, 0.3) is 0 Å². The topological polar surface area (TPSA) is 37.8 Å². The summed E-state index contributed by atoms with van der Waals surface area (Å²) in [5.41, 5.74) is 2.19. The molecule has 0 radical (unpaired) electrons. The second kappa shape index (κ2) is 4.38. The van der Waals surface area contributed by atoms with E-state index in [1.54, 1.807) is 11.3 Å². The summed E-state index contributed by atoms with van der Waals surface area (Å²) in [4.78, 5) is 10.4. The summed E-state index contributed by atoms with van der Waals surface area (Å²) in [6.07, 6.45) is 0. The lowest BCUT2D eigenvalue weighted by molar-refractivity contribution is 1.22. The van der Waals surface area contributed by atoms with Gasteiger partial charge in [-0.15, -0.1) is 11.3 Å². The first-order valence-corrected chi connectivity index (χ1v) is 6.66. The molecule has 0 spiro atoms. The highest BCUT2D eigenvalue weighted by molar-refractivity contribution is 7.13. The summed E-state index contributed by atoms with van der Waals surface area (Å²) in [7, 11) is 1.89. The lowest BCUT2D eigenvalue weighted by Crippen LogP contribution is -1.98. The van der Waals surface area contributed by atoms with Crippen LogP contribution in [0.25, 0.3) is 21.6 Å². The zero-order valence-electron chi connectivity index (χ0n) is 10.3. The van der Waals surface area contributed by atoms with E-state index in [1.807, 2.05) is 31.3 Å². The Labute approximate surface area is 110 Å². The monoisotopic (exact) mass is 255 g/mol. The third-order valence-corrected chi connectivity index (χ3v) is 3.92. The van der Waals surface area contributed by atoms with Crippen molar-refractivity contribution >= 4 is 28.1 Å². The van der Waals surface area contributed by atoms with Crippen LogP contribution < -0.4 is 5.32 Å². The molecule has 0 amide bonds. The number of nitrogens with zero attached hydrogens (tertiary/aromatic N) is 2. The van der Waals surface area contributed by atoms with Gasteiger partial charge in [-0.25, -0.2) is 9.97 Å². The molecule has 0 saturated carbocycles. The molecule has 1 aromatic carbocycles. The minimum atomic E-state index is 0.797. The molecule has 0 atom stereocenters. The van der Waals surface area contributed by atoms with Crippen molar-refractivity contribution in [3.05, 3.63) is 41.3 Å². The summed E-state index contributed by atoms with van der Waals surface area (Å²) in [6.45, 7) is 2.09. The highest BCUT2D eigenvalue weighted by Crippen LogP contribution is 2.29. The zero-order valence-corrected chi connectivity index (χ0v) is 11.1. The number of aryl methyl sites for hydroxylation is 1. The van der Waals surface area contributed by atoms with Crippen molar-refractivity contribution in [2.24, 2.45) is 0 Å². The van der Waals surface area contributed by atoms with Crippen molar-refractivity contribution < 1.29 is 0 Å².